The van der Waals surface area contributed by atoms with Crippen LogP contribution in [0.5, 0.6) is 0 Å². The molecule has 0 radical (unpaired) electrons. The van der Waals surface area contributed by atoms with E-state index in [-0.39, 0.29) is 33.6 Å². The second-order valence-electron chi connectivity index (χ2n) is 13.2. The molecule has 6 rings (SSSR count). The van der Waals surface area contributed by atoms with Crippen LogP contribution in [-0.4, -0.2) is 137 Å². The van der Waals surface area contributed by atoms with Crippen LogP contribution in [0.4, 0.5) is 47.1 Å². The van der Waals surface area contributed by atoms with Gasteiger partial charge in [-0.05, 0) is 63.1 Å². The summed E-state index contributed by atoms with van der Waals surface area (Å²) in [7, 11) is -8.03. The van der Waals surface area contributed by atoms with Gasteiger partial charge in [-0.2, -0.15) is 46.7 Å². The van der Waals surface area contributed by atoms with Gasteiger partial charge in [-0.1, -0.05) is 24.3 Å². The minimum atomic E-state index is -4.78. The predicted molar refractivity (Wildman–Crippen MR) is 225 cm³/mol. The molecule has 0 saturated carbocycles. The monoisotopic (exact) mass is 854 g/mol. The van der Waals surface area contributed by atoms with Crippen LogP contribution in [0.25, 0.3) is 12.2 Å². The van der Waals surface area contributed by atoms with Gasteiger partial charge in [0.05, 0.1) is 33.5 Å². The Labute approximate surface area is 344 Å². The average Bonchev–Trinajstić information content (AvgIpc) is 3.24. The topological polar surface area (TPSA) is 231 Å². The molecule has 0 bridgehead atoms. The van der Waals surface area contributed by atoms with E-state index in [9.17, 15) is 21.4 Å². The number of ether oxygens (including phenoxy) is 2. The first-order valence-electron chi connectivity index (χ1n) is 19.3. The first-order chi connectivity index (χ1) is 28.3. The highest BCUT2D eigenvalue weighted by atomic mass is 32.2. The molecule has 22 heteroatoms. The molecule has 3 N–H and O–H groups in total. The zero-order chi connectivity index (χ0) is 42.2. The van der Waals surface area contributed by atoms with Crippen LogP contribution >= 0.6 is 0 Å². The summed E-state index contributed by atoms with van der Waals surface area (Å²) in [6.45, 7) is 15.1. The number of anilines is 8. The van der Waals surface area contributed by atoms with Crippen molar-refractivity contribution in [3.05, 3.63) is 47.5 Å². The van der Waals surface area contributed by atoms with E-state index in [0.717, 1.165) is 7.11 Å². The van der Waals surface area contributed by atoms with E-state index in [4.69, 9.17) is 18.6 Å². The van der Waals surface area contributed by atoms with Crippen molar-refractivity contribution in [1.29, 1.82) is 0 Å². The molecule has 59 heavy (non-hydrogen) atoms. The van der Waals surface area contributed by atoms with E-state index in [1.165, 1.54) is 36.4 Å². The molecule has 0 spiro atoms. The highest BCUT2D eigenvalue weighted by molar-refractivity contribution is 7.87. The molecule has 0 atom stereocenters. The van der Waals surface area contributed by atoms with Crippen LogP contribution in [0.2, 0.25) is 0 Å². The van der Waals surface area contributed by atoms with Crippen LogP contribution in [-0.2, 0) is 33.9 Å². The van der Waals surface area contributed by atoms with E-state index >= 15 is 0 Å². The fraction of sp³-hybridized carbons (Fsp3) is 0.459. The van der Waals surface area contributed by atoms with Crippen LogP contribution < -0.4 is 30.2 Å². The van der Waals surface area contributed by atoms with Gasteiger partial charge in [0.25, 0.3) is 20.2 Å². The van der Waals surface area contributed by atoms with Gasteiger partial charge >= 0.3 is 0 Å². The van der Waals surface area contributed by atoms with Crippen LogP contribution in [0.1, 0.15) is 38.8 Å². The standard InChI is InChI=1S/C37H50N12O8S2/c1-6-46(7-2)34-40-32(42-36(44-34)48-16-20-56-21-17-48)38-28-14-12-26(30(24-28)58(50,51)52)10-11-27-13-15-29(25-31(27)59(53,54)55-5)39-33-41-35(47(8-3)9-4)45-37(43-33)49-18-22-57-23-19-49/h10-15,24-25H,6-9,16-23H2,1-5H3,(H,50,51,52)(H,38,40,42,44)(H,39,41,43,45)/b11-10+. The maximum Gasteiger partial charge on any atom is 0.297 e. The molecule has 0 unspecified atom stereocenters. The summed E-state index contributed by atoms with van der Waals surface area (Å²) in [5, 5.41) is 6.19. The third-order valence-corrected chi connectivity index (χ3v) is 11.9. The van der Waals surface area contributed by atoms with Crippen molar-refractivity contribution >= 4 is 79.5 Å². The third-order valence-electron chi connectivity index (χ3n) is 9.65. The van der Waals surface area contributed by atoms with E-state index in [2.05, 4.69) is 35.6 Å². The van der Waals surface area contributed by atoms with Crippen molar-refractivity contribution in [3.8, 4) is 0 Å². The number of hydrogen-bond acceptors (Lipinski definition) is 19. The van der Waals surface area contributed by atoms with Crippen molar-refractivity contribution in [2.45, 2.75) is 37.5 Å². The number of morpholine rings is 2. The van der Waals surface area contributed by atoms with Gasteiger partial charge in [-0.15, -0.1) is 0 Å². The number of nitrogens with one attached hydrogen (secondary N) is 2. The molecule has 0 aliphatic carbocycles. The Morgan fingerprint density at radius 3 is 1.46 bits per heavy atom. The minimum Gasteiger partial charge on any atom is -0.378 e. The van der Waals surface area contributed by atoms with Gasteiger partial charge < -0.3 is 39.7 Å². The zero-order valence-electron chi connectivity index (χ0n) is 33.7. The van der Waals surface area contributed by atoms with E-state index < -0.39 is 25.1 Å². The van der Waals surface area contributed by atoms with Crippen molar-refractivity contribution in [2.75, 3.05) is 116 Å². The van der Waals surface area contributed by atoms with Crippen molar-refractivity contribution in [1.82, 2.24) is 29.9 Å². The molecule has 0 amide bonds. The molecular weight excluding hydrogens is 805 g/mol. The molecular formula is C37H50N12O8S2. The van der Waals surface area contributed by atoms with E-state index in [1.54, 1.807) is 12.1 Å². The lowest BCUT2D eigenvalue weighted by Gasteiger charge is -2.28. The Morgan fingerprint density at radius 2 is 1.07 bits per heavy atom. The lowest BCUT2D eigenvalue weighted by molar-refractivity contribution is 0.122. The van der Waals surface area contributed by atoms with E-state index in [1.807, 2.05) is 47.3 Å². The minimum absolute atomic E-state index is 0.0826. The van der Waals surface area contributed by atoms with Gasteiger partial charge in [0, 0.05) is 63.7 Å². The maximum absolute atomic E-state index is 13.3. The van der Waals surface area contributed by atoms with Crippen molar-refractivity contribution in [2.24, 2.45) is 0 Å². The van der Waals surface area contributed by atoms with Crippen LogP contribution in [0.15, 0.2) is 46.2 Å². The molecule has 4 aromatic rings. The van der Waals surface area contributed by atoms with Crippen LogP contribution in [0.3, 0.4) is 0 Å². The summed E-state index contributed by atoms with van der Waals surface area (Å²) in [5.41, 5.74) is 0.880. The summed E-state index contributed by atoms with van der Waals surface area (Å²) in [6, 6.07) is 8.84. The van der Waals surface area contributed by atoms with Crippen LogP contribution in [0, 0.1) is 0 Å². The largest absolute Gasteiger partial charge is 0.378 e. The number of rotatable bonds is 17. The molecule has 4 heterocycles. The lowest BCUT2D eigenvalue weighted by Crippen LogP contribution is -2.38. The van der Waals surface area contributed by atoms with Gasteiger partial charge in [0.15, 0.2) is 0 Å². The highest BCUT2D eigenvalue weighted by Crippen LogP contribution is 2.30. The quantitative estimate of drug-likeness (QED) is 0.0782. The fourth-order valence-electron chi connectivity index (χ4n) is 6.39. The number of hydrogen-bond donors (Lipinski definition) is 3. The number of aromatic nitrogens is 6. The SMILES string of the molecule is CCN(CC)c1nc(Nc2ccc(/C=C/c3ccc(Nc4nc(N(CC)CC)nc(N5CCOCC5)n4)cc3S(=O)(=O)OC)c(S(=O)(=O)O)c2)nc(N2CCOCC2)n1. The van der Waals surface area contributed by atoms with E-state index in [0.29, 0.717) is 108 Å². The molecule has 2 aliphatic rings. The average molecular weight is 855 g/mol. The molecule has 2 fully saturated rings. The highest BCUT2D eigenvalue weighted by Gasteiger charge is 2.23. The van der Waals surface area contributed by atoms with Gasteiger partial charge in [0.2, 0.25) is 35.7 Å². The number of nitrogens with zero attached hydrogens (tertiary/aromatic N) is 10. The fourth-order valence-corrected chi connectivity index (χ4v) is 7.98. The second kappa shape index (κ2) is 19.2. The molecule has 20 nitrogen and oxygen atoms in total. The summed E-state index contributed by atoms with van der Waals surface area (Å²) < 4.78 is 78.3. The predicted octanol–water partition coefficient (Wildman–Crippen LogP) is 3.66. The molecule has 318 valence electrons. The number of benzene rings is 2. The summed E-state index contributed by atoms with van der Waals surface area (Å²) in [4.78, 5) is 35.1. The van der Waals surface area contributed by atoms with Gasteiger partial charge in [0.1, 0.15) is 9.79 Å². The Balaban J connectivity index is 1.31. The van der Waals surface area contributed by atoms with Crippen molar-refractivity contribution in [3.63, 3.8) is 0 Å². The second-order valence-corrected chi connectivity index (χ2v) is 16.3. The Hall–Kier alpha value is -5.26. The Kier molecular flexibility index (Phi) is 14.1. The smallest absolute Gasteiger partial charge is 0.297 e. The first kappa shape index (κ1) is 43.3. The summed E-state index contributed by atoms with van der Waals surface area (Å²) in [6.07, 6.45) is 2.81. The zero-order valence-corrected chi connectivity index (χ0v) is 35.3. The molecule has 2 aromatic heterocycles. The third kappa shape index (κ3) is 10.7. The first-order valence-corrected chi connectivity index (χ1v) is 22.2. The molecule has 2 aromatic carbocycles. The summed E-state index contributed by atoms with van der Waals surface area (Å²) in [5.74, 6) is 2.20. The van der Waals surface area contributed by atoms with Gasteiger partial charge in [-0.3, -0.25) is 8.74 Å². The lowest BCUT2D eigenvalue weighted by atomic mass is 10.1. The van der Waals surface area contributed by atoms with Gasteiger partial charge in [-0.25, -0.2) is 0 Å². The molecule has 2 saturated heterocycles. The molecule has 2 aliphatic heterocycles. The summed E-state index contributed by atoms with van der Waals surface area (Å²) >= 11 is 0. The van der Waals surface area contributed by atoms with Crippen molar-refractivity contribution < 1.29 is 35.0 Å². The Morgan fingerprint density at radius 1 is 0.661 bits per heavy atom. The maximum atomic E-state index is 13.3. The normalized spacial score (nSPS) is 15.1. The Bertz CT molecular complexity index is 2330.